The van der Waals surface area contributed by atoms with Gasteiger partial charge in [-0.3, -0.25) is 0 Å². The molecule has 1 atom stereocenters. The van der Waals surface area contributed by atoms with Crippen molar-refractivity contribution in [3.63, 3.8) is 0 Å². The van der Waals surface area contributed by atoms with Crippen LogP contribution < -0.4 is 0 Å². The minimum Gasteiger partial charge on any atom is -0.479 e. The van der Waals surface area contributed by atoms with Crippen LogP contribution in [0.2, 0.25) is 0 Å². The fourth-order valence-corrected chi connectivity index (χ4v) is 1.40. The Morgan fingerprint density at radius 2 is 2.07 bits per heavy atom. The van der Waals surface area contributed by atoms with Crippen LogP contribution in [0.5, 0.6) is 0 Å². The van der Waals surface area contributed by atoms with Crippen molar-refractivity contribution in [1.29, 1.82) is 0 Å². The van der Waals surface area contributed by atoms with Gasteiger partial charge in [0, 0.05) is 5.56 Å². The molecule has 1 N–H and O–H groups in total. The van der Waals surface area contributed by atoms with Crippen molar-refractivity contribution in [1.82, 2.24) is 0 Å². The summed E-state index contributed by atoms with van der Waals surface area (Å²) < 4.78 is 13.8. The number of carboxylic acids is 1. The fraction of sp³-hybridized carbons (Fsp3) is 0.364. The Labute approximate surface area is 82.4 Å². The van der Waals surface area contributed by atoms with Gasteiger partial charge in [-0.05, 0) is 18.9 Å². The van der Waals surface area contributed by atoms with Crippen LogP contribution in [0.25, 0.3) is 0 Å². The Balaban J connectivity index is 3.24. The largest absolute Gasteiger partial charge is 0.479 e. The van der Waals surface area contributed by atoms with Gasteiger partial charge in [0.05, 0.1) is 0 Å². The summed E-state index contributed by atoms with van der Waals surface area (Å²) in [4.78, 5) is 10.7. The summed E-state index contributed by atoms with van der Waals surface area (Å²) in [5.74, 6) is -1.45. The van der Waals surface area contributed by atoms with Crippen molar-refractivity contribution in [3.05, 3.63) is 35.4 Å². The zero-order valence-corrected chi connectivity index (χ0v) is 8.25. The van der Waals surface area contributed by atoms with Gasteiger partial charge < -0.3 is 5.11 Å². The van der Waals surface area contributed by atoms with Crippen LogP contribution in [0.3, 0.4) is 0 Å². The summed E-state index contributed by atoms with van der Waals surface area (Å²) in [6.45, 7) is 2.95. The summed E-state index contributed by atoms with van der Waals surface area (Å²) in [5, 5.41) is 8.74. The van der Waals surface area contributed by atoms with Gasteiger partial charge in [0.25, 0.3) is 0 Å². The van der Waals surface area contributed by atoms with Gasteiger partial charge in [-0.15, -0.1) is 0 Å². The molecule has 0 aliphatic heterocycles. The van der Waals surface area contributed by atoms with Gasteiger partial charge in [-0.1, -0.05) is 31.2 Å². The summed E-state index contributed by atoms with van der Waals surface area (Å²) >= 11 is 0. The number of aliphatic carboxylic acids is 1. The second-order valence-corrected chi connectivity index (χ2v) is 3.32. The van der Waals surface area contributed by atoms with E-state index in [2.05, 4.69) is 0 Å². The molecule has 76 valence electrons. The molecule has 0 amide bonds. The van der Waals surface area contributed by atoms with E-state index < -0.39 is 11.6 Å². The number of aryl methyl sites for hydroxylation is 1. The third-order valence-corrected chi connectivity index (χ3v) is 2.31. The lowest BCUT2D eigenvalue weighted by molar-refractivity contribution is -0.150. The Bertz CT molecular complexity index is 345. The lowest BCUT2D eigenvalue weighted by Crippen LogP contribution is -2.28. The van der Waals surface area contributed by atoms with Crippen LogP contribution in [0.4, 0.5) is 4.39 Å². The molecule has 1 rings (SSSR count). The zero-order chi connectivity index (χ0) is 10.8. The predicted octanol–water partition coefficient (Wildman–Crippen LogP) is 2.52. The lowest BCUT2D eigenvalue weighted by Gasteiger charge is -2.18. The molecule has 1 aromatic rings. The fourth-order valence-electron chi connectivity index (χ4n) is 1.40. The highest BCUT2D eigenvalue weighted by atomic mass is 19.1. The van der Waals surface area contributed by atoms with Crippen molar-refractivity contribution in [2.45, 2.75) is 25.9 Å². The summed E-state index contributed by atoms with van der Waals surface area (Å²) in [5.41, 5.74) is -1.32. The second-order valence-electron chi connectivity index (χ2n) is 3.32. The molecule has 14 heavy (non-hydrogen) atoms. The first-order valence-electron chi connectivity index (χ1n) is 4.50. The molecule has 0 saturated heterocycles. The zero-order valence-electron chi connectivity index (χ0n) is 8.25. The molecule has 1 aromatic carbocycles. The van der Waals surface area contributed by atoms with Gasteiger partial charge in [-0.25, -0.2) is 9.18 Å². The maximum Gasteiger partial charge on any atom is 0.345 e. The molecule has 3 heteroatoms. The van der Waals surface area contributed by atoms with Crippen molar-refractivity contribution in [2.24, 2.45) is 0 Å². The van der Waals surface area contributed by atoms with E-state index in [0.29, 0.717) is 6.42 Å². The molecular weight excluding hydrogens is 183 g/mol. The van der Waals surface area contributed by atoms with Crippen LogP contribution in [0, 0.1) is 0 Å². The van der Waals surface area contributed by atoms with E-state index in [9.17, 15) is 9.18 Å². The van der Waals surface area contributed by atoms with E-state index in [-0.39, 0.29) is 5.56 Å². The first kappa shape index (κ1) is 10.7. The van der Waals surface area contributed by atoms with E-state index in [4.69, 9.17) is 5.11 Å². The molecule has 1 unspecified atom stereocenters. The first-order valence-corrected chi connectivity index (χ1v) is 4.50. The van der Waals surface area contributed by atoms with E-state index >= 15 is 0 Å². The summed E-state index contributed by atoms with van der Waals surface area (Å²) in [7, 11) is 0. The number of carboxylic acid groups (broad SMARTS) is 1. The highest BCUT2D eigenvalue weighted by molar-refractivity contribution is 5.79. The molecule has 0 heterocycles. The summed E-state index contributed by atoms with van der Waals surface area (Å²) in [6.07, 6.45) is 0.628. The molecule has 2 nitrogen and oxygen atoms in total. The number of halogens is 1. The van der Waals surface area contributed by atoms with Crippen LogP contribution >= 0.6 is 0 Å². The molecule has 0 aromatic heterocycles. The number of rotatable bonds is 3. The third kappa shape index (κ3) is 1.76. The molecule has 0 aliphatic carbocycles. The van der Waals surface area contributed by atoms with E-state index in [1.807, 2.05) is 6.92 Å². The van der Waals surface area contributed by atoms with Crippen molar-refractivity contribution in [3.8, 4) is 0 Å². The third-order valence-electron chi connectivity index (χ3n) is 2.31. The molecule has 0 radical (unpaired) electrons. The maximum absolute atomic E-state index is 13.8. The predicted molar refractivity (Wildman–Crippen MR) is 51.9 cm³/mol. The normalized spacial score (nSPS) is 14.8. The van der Waals surface area contributed by atoms with E-state index in [1.165, 1.54) is 6.07 Å². The lowest BCUT2D eigenvalue weighted by atomic mass is 9.92. The van der Waals surface area contributed by atoms with Gasteiger partial charge in [-0.2, -0.15) is 0 Å². The molecule has 0 saturated carbocycles. The van der Waals surface area contributed by atoms with Gasteiger partial charge >= 0.3 is 5.97 Å². The number of hydrogen-bond donors (Lipinski definition) is 1. The number of benzene rings is 1. The monoisotopic (exact) mass is 196 g/mol. The minimum atomic E-state index is -2.30. The van der Waals surface area contributed by atoms with Gasteiger partial charge in [0.1, 0.15) is 0 Å². The quantitative estimate of drug-likeness (QED) is 0.806. The van der Waals surface area contributed by atoms with E-state index in [1.54, 1.807) is 18.2 Å². The second kappa shape index (κ2) is 3.78. The topological polar surface area (TPSA) is 37.3 Å². The average Bonchev–Trinajstić information content (AvgIpc) is 2.17. The molecule has 0 fully saturated rings. The highest BCUT2D eigenvalue weighted by Gasteiger charge is 2.36. The standard InChI is InChI=1S/C11H13FO2/c1-3-8-6-4-5-7-9(8)11(2,12)10(13)14/h4-7H,3H2,1-2H3,(H,13,14). The number of carbonyl (C=O) groups is 1. The van der Waals surface area contributed by atoms with Crippen LogP contribution in [0.1, 0.15) is 25.0 Å². The van der Waals surface area contributed by atoms with E-state index in [0.717, 1.165) is 12.5 Å². The number of hydrogen-bond acceptors (Lipinski definition) is 1. The Hall–Kier alpha value is -1.38. The molecular formula is C11H13FO2. The Kier molecular flexibility index (Phi) is 2.89. The molecule has 0 aliphatic rings. The van der Waals surface area contributed by atoms with Crippen molar-refractivity contribution >= 4 is 5.97 Å². The van der Waals surface area contributed by atoms with Gasteiger partial charge in [0.2, 0.25) is 5.67 Å². The minimum absolute atomic E-state index is 0.245. The van der Waals surface area contributed by atoms with Crippen LogP contribution in [0.15, 0.2) is 24.3 Å². The van der Waals surface area contributed by atoms with Crippen molar-refractivity contribution in [2.75, 3.05) is 0 Å². The van der Waals surface area contributed by atoms with Crippen LogP contribution in [-0.2, 0) is 16.9 Å². The first-order chi connectivity index (χ1) is 6.50. The smallest absolute Gasteiger partial charge is 0.345 e. The van der Waals surface area contributed by atoms with Gasteiger partial charge in [0.15, 0.2) is 0 Å². The maximum atomic E-state index is 13.8. The molecule has 0 bridgehead atoms. The Morgan fingerprint density at radius 1 is 1.50 bits per heavy atom. The molecule has 0 spiro atoms. The highest BCUT2D eigenvalue weighted by Crippen LogP contribution is 2.28. The SMILES string of the molecule is CCc1ccccc1C(C)(F)C(=O)O. The van der Waals surface area contributed by atoms with Crippen molar-refractivity contribution < 1.29 is 14.3 Å². The number of alkyl halides is 1. The average molecular weight is 196 g/mol. The summed E-state index contributed by atoms with van der Waals surface area (Å²) in [6, 6.07) is 6.69. The van der Waals surface area contributed by atoms with Crippen LogP contribution in [-0.4, -0.2) is 11.1 Å². The Morgan fingerprint density at radius 3 is 2.57 bits per heavy atom.